The SMILES string of the molecule is FC(F)(Cl)Cl.FCC(F)(F)F. The van der Waals surface area contributed by atoms with Crippen LogP contribution >= 0.6 is 23.2 Å². The van der Waals surface area contributed by atoms with Gasteiger partial charge in [0, 0.05) is 0 Å². The van der Waals surface area contributed by atoms with E-state index in [0.29, 0.717) is 0 Å². The number of hydrogen-bond acceptors (Lipinski definition) is 0. The molecule has 0 aliphatic rings. The van der Waals surface area contributed by atoms with Gasteiger partial charge in [-0.25, -0.2) is 4.39 Å². The summed E-state index contributed by atoms with van der Waals surface area (Å²) in [5, 5.41) is 0. The van der Waals surface area contributed by atoms with Gasteiger partial charge in [-0.2, -0.15) is 22.0 Å². The smallest absolute Gasteiger partial charge is 0.241 e. The van der Waals surface area contributed by atoms with E-state index in [1.807, 2.05) is 0 Å². The first-order valence-corrected chi connectivity index (χ1v) is 2.70. The molecule has 0 aliphatic heterocycles. The Balaban J connectivity index is 0. The maximum absolute atomic E-state index is 10.6. The van der Waals surface area contributed by atoms with E-state index in [0.717, 1.165) is 0 Å². The van der Waals surface area contributed by atoms with Crippen molar-refractivity contribution in [3.05, 3.63) is 0 Å². The highest BCUT2D eigenvalue weighted by atomic mass is 35.5. The number of hydrogen-bond donors (Lipinski definition) is 0. The van der Waals surface area contributed by atoms with Crippen molar-refractivity contribution in [2.75, 3.05) is 6.67 Å². The van der Waals surface area contributed by atoms with Crippen LogP contribution in [-0.2, 0) is 0 Å². The van der Waals surface area contributed by atoms with Crippen LogP contribution in [0.2, 0.25) is 0 Å². The van der Waals surface area contributed by atoms with Crippen LogP contribution in [-0.4, -0.2) is 17.7 Å². The lowest BCUT2D eigenvalue weighted by atomic mass is 10.8. The minimum absolute atomic E-state index is 2.23. The van der Waals surface area contributed by atoms with Crippen LogP contribution < -0.4 is 0 Å². The molecule has 0 heterocycles. The van der Waals surface area contributed by atoms with Gasteiger partial charge in [0.15, 0.2) is 6.67 Å². The molecule has 0 fully saturated rings. The van der Waals surface area contributed by atoms with Gasteiger partial charge in [0.2, 0.25) is 0 Å². The molecule has 0 spiro atoms. The van der Waals surface area contributed by atoms with Crippen LogP contribution in [0.15, 0.2) is 0 Å². The Hall–Kier alpha value is 0.160. The zero-order chi connectivity index (χ0) is 9.71. The Morgan fingerprint density at radius 3 is 1.00 bits per heavy atom. The summed E-state index contributed by atoms with van der Waals surface area (Å²) < 4.78 is 62.7. The first-order chi connectivity index (χ1) is 4.56. The first-order valence-electron chi connectivity index (χ1n) is 1.94. The van der Waals surface area contributed by atoms with Crippen molar-refractivity contribution in [2.45, 2.75) is 11.0 Å². The molecule has 8 heteroatoms. The van der Waals surface area contributed by atoms with E-state index in [9.17, 15) is 26.3 Å². The average molecular weight is 223 g/mol. The highest BCUT2D eigenvalue weighted by Gasteiger charge is 2.26. The van der Waals surface area contributed by atoms with Crippen LogP contribution in [0.25, 0.3) is 0 Å². The Morgan fingerprint density at radius 2 is 1.00 bits per heavy atom. The van der Waals surface area contributed by atoms with E-state index in [4.69, 9.17) is 0 Å². The van der Waals surface area contributed by atoms with E-state index in [-0.39, 0.29) is 0 Å². The highest BCUT2D eigenvalue weighted by molar-refractivity contribution is 6.45. The molecular weight excluding hydrogens is 221 g/mol. The lowest BCUT2D eigenvalue weighted by Crippen LogP contribution is -2.08. The van der Waals surface area contributed by atoms with Crippen LogP contribution in [0.5, 0.6) is 0 Å². The Bertz CT molecular complexity index is 87.0. The molecule has 0 aromatic rings. The molecule has 0 aromatic heterocycles. The Morgan fingerprint density at radius 1 is 0.909 bits per heavy atom. The third-order valence-corrected chi connectivity index (χ3v) is 0.152. The molecule has 0 radical (unpaired) electrons. The second-order valence-corrected chi connectivity index (χ2v) is 2.32. The third kappa shape index (κ3) is 67.7. The molecule has 0 amide bonds. The molecule has 70 valence electrons. The molecule has 0 rings (SSSR count). The van der Waals surface area contributed by atoms with Gasteiger partial charge in [0.1, 0.15) is 0 Å². The fourth-order valence-electron chi connectivity index (χ4n) is 0. The van der Waals surface area contributed by atoms with Crippen LogP contribution in [0.3, 0.4) is 0 Å². The maximum atomic E-state index is 10.6. The average Bonchev–Trinajstić information content (AvgIpc) is 1.59. The number of alkyl halides is 8. The molecule has 0 atom stereocenters. The van der Waals surface area contributed by atoms with Gasteiger partial charge in [0.05, 0.1) is 0 Å². The maximum Gasteiger partial charge on any atom is 0.416 e. The van der Waals surface area contributed by atoms with Crippen molar-refractivity contribution in [1.82, 2.24) is 0 Å². The van der Waals surface area contributed by atoms with Crippen LogP contribution in [0.4, 0.5) is 26.3 Å². The quantitative estimate of drug-likeness (QED) is 0.435. The lowest BCUT2D eigenvalue weighted by Gasteiger charge is -1.93. The molecule has 0 unspecified atom stereocenters. The fourth-order valence-corrected chi connectivity index (χ4v) is 0. The minimum Gasteiger partial charge on any atom is -0.241 e. The monoisotopic (exact) mass is 222 g/mol. The van der Waals surface area contributed by atoms with Gasteiger partial charge in [-0.15, -0.1) is 0 Å². The normalized spacial score (nSPS) is 12.0. The fraction of sp³-hybridized carbons (Fsp3) is 1.00. The summed E-state index contributed by atoms with van der Waals surface area (Å²) in [6, 6.07) is 0. The highest BCUT2D eigenvalue weighted by Crippen LogP contribution is 2.22. The van der Waals surface area contributed by atoms with Crippen LogP contribution in [0.1, 0.15) is 0 Å². The molecule has 0 aliphatic carbocycles. The molecule has 0 N–H and O–H groups in total. The summed E-state index contributed by atoms with van der Waals surface area (Å²) in [7, 11) is 0. The summed E-state index contributed by atoms with van der Waals surface area (Å²) in [5.41, 5.74) is 0. The summed E-state index contributed by atoms with van der Waals surface area (Å²) >= 11 is 7.92. The van der Waals surface area contributed by atoms with Gasteiger partial charge in [0.25, 0.3) is 0 Å². The second kappa shape index (κ2) is 4.92. The molecule has 0 saturated heterocycles. The van der Waals surface area contributed by atoms with Crippen molar-refractivity contribution >= 4 is 23.2 Å². The molecule has 11 heavy (non-hydrogen) atoms. The standard InChI is InChI=1S/C2H2F4.CCl2F2/c3-1-2(4,5)6;2-1(3,4)5/h1H2;. The van der Waals surface area contributed by atoms with Crippen LogP contribution in [0, 0.1) is 0 Å². The Kier molecular flexibility index (Phi) is 6.14. The van der Waals surface area contributed by atoms with Gasteiger partial charge in [-0.05, 0) is 23.2 Å². The van der Waals surface area contributed by atoms with Gasteiger partial charge < -0.3 is 0 Å². The molecule has 0 nitrogen and oxygen atoms in total. The molecule has 0 aromatic carbocycles. The van der Waals surface area contributed by atoms with Crippen molar-refractivity contribution in [3.63, 3.8) is 0 Å². The van der Waals surface area contributed by atoms with Gasteiger partial charge in [-0.3, -0.25) is 0 Å². The van der Waals surface area contributed by atoms with E-state index >= 15 is 0 Å². The first kappa shape index (κ1) is 13.7. The second-order valence-electron chi connectivity index (χ2n) is 1.18. The van der Waals surface area contributed by atoms with Crippen molar-refractivity contribution in [1.29, 1.82) is 0 Å². The minimum atomic E-state index is -4.62. The largest absolute Gasteiger partial charge is 0.416 e. The van der Waals surface area contributed by atoms with E-state index in [1.165, 1.54) is 0 Å². The topological polar surface area (TPSA) is 0 Å². The summed E-state index contributed by atoms with van der Waals surface area (Å²) in [4.78, 5) is -3.56. The number of rotatable bonds is 0. The van der Waals surface area contributed by atoms with E-state index in [2.05, 4.69) is 23.2 Å². The summed E-state index contributed by atoms with van der Waals surface area (Å²) in [5.74, 6) is 0. The van der Waals surface area contributed by atoms with Crippen molar-refractivity contribution in [3.8, 4) is 0 Å². The summed E-state index contributed by atoms with van der Waals surface area (Å²) in [6.07, 6.45) is -4.62. The predicted molar refractivity (Wildman–Crippen MR) is 28.7 cm³/mol. The van der Waals surface area contributed by atoms with E-state index < -0.39 is 17.7 Å². The predicted octanol–water partition coefficient (Wildman–Crippen LogP) is 3.53. The summed E-state index contributed by atoms with van der Waals surface area (Å²) in [6.45, 7) is -2.23. The lowest BCUT2D eigenvalue weighted by molar-refractivity contribution is -0.142. The number of halogens is 8. The van der Waals surface area contributed by atoms with E-state index in [1.54, 1.807) is 0 Å². The zero-order valence-electron chi connectivity index (χ0n) is 4.73. The Labute approximate surface area is 68.1 Å². The zero-order valence-corrected chi connectivity index (χ0v) is 6.24. The molecule has 0 saturated carbocycles. The van der Waals surface area contributed by atoms with Gasteiger partial charge >= 0.3 is 11.0 Å². The van der Waals surface area contributed by atoms with Crippen molar-refractivity contribution < 1.29 is 26.3 Å². The van der Waals surface area contributed by atoms with Gasteiger partial charge in [-0.1, -0.05) is 0 Å². The molecule has 0 bridgehead atoms. The van der Waals surface area contributed by atoms with Crippen molar-refractivity contribution in [2.24, 2.45) is 0 Å². The third-order valence-electron chi connectivity index (χ3n) is 0.152. The molecular formula is C3H2Cl2F6.